The zero-order chi connectivity index (χ0) is 21.9. The second-order valence-corrected chi connectivity index (χ2v) is 7.41. The predicted octanol–water partition coefficient (Wildman–Crippen LogP) is 3.33. The summed E-state index contributed by atoms with van der Waals surface area (Å²) in [7, 11) is 0. The fourth-order valence-corrected chi connectivity index (χ4v) is 3.08. The van der Waals surface area contributed by atoms with E-state index in [1.165, 1.54) is 12.1 Å². The molecule has 8 nitrogen and oxygen atoms in total. The zero-order valence-corrected chi connectivity index (χ0v) is 17.0. The minimum absolute atomic E-state index is 0.118. The molecule has 158 valence electrons. The number of esters is 1. The quantitative estimate of drug-likeness (QED) is 0.699. The van der Waals surface area contributed by atoms with Crippen LogP contribution in [0.1, 0.15) is 47.9 Å². The molecule has 2 aromatic carbocycles. The summed E-state index contributed by atoms with van der Waals surface area (Å²) in [6.45, 7) is 5.23. The van der Waals surface area contributed by atoms with Gasteiger partial charge in [-0.3, -0.25) is 9.59 Å². The Morgan fingerprint density at radius 2 is 1.90 bits per heavy atom. The number of amides is 1. The Kier molecular flexibility index (Phi) is 5.96. The first-order valence-electron chi connectivity index (χ1n) is 9.47. The highest BCUT2D eigenvalue weighted by Crippen LogP contribution is 2.40. The molecule has 0 aromatic heterocycles. The van der Waals surface area contributed by atoms with Crippen LogP contribution in [-0.2, 0) is 9.53 Å². The van der Waals surface area contributed by atoms with Gasteiger partial charge in [-0.2, -0.15) is 0 Å². The summed E-state index contributed by atoms with van der Waals surface area (Å²) in [6, 6.07) is 9.01. The molecule has 3 rings (SSSR count). The van der Waals surface area contributed by atoms with Gasteiger partial charge in [0.25, 0.3) is 5.91 Å². The number of fused-ring (bicyclic) bond motifs is 1. The lowest BCUT2D eigenvalue weighted by Crippen LogP contribution is -2.35. The number of phenols is 1. The lowest BCUT2D eigenvalue weighted by molar-refractivity contribution is -0.118. The molecule has 1 aliphatic heterocycles. The Labute approximate surface area is 173 Å². The van der Waals surface area contributed by atoms with Gasteiger partial charge < -0.3 is 24.6 Å². The summed E-state index contributed by atoms with van der Waals surface area (Å²) < 4.78 is 16.1. The molecular weight excluding hydrogens is 390 g/mol. The van der Waals surface area contributed by atoms with Crippen LogP contribution in [-0.4, -0.2) is 41.6 Å². The molecule has 0 atom stereocenters. The lowest BCUT2D eigenvalue weighted by atomic mass is 9.92. The number of phenolic OH excluding ortho intramolecular Hbond substituents is 1. The molecule has 8 heteroatoms. The normalized spacial score (nSPS) is 14.3. The van der Waals surface area contributed by atoms with E-state index in [0.29, 0.717) is 11.3 Å². The average molecular weight is 413 g/mol. The maximum Gasteiger partial charge on any atom is 0.338 e. The number of Topliss-reactive ketones (excluding diaryl/α,β-unsaturated/α-hetero) is 1. The maximum atomic E-state index is 12.2. The summed E-state index contributed by atoms with van der Waals surface area (Å²) >= 11 is 0. The van der Waals surface area contributed by atoms with Crippen LogP contribution in [0.25, 0.3) is 0 Å². The van der Waals surface area contributed by atoms with E-state index >= 15 is 0 Å². The molecule has 30 heavy (non-hydrogen) atoms. The van der Waals surface area contributed by atoms with Gasteiger partial charge in [0.05, 0.1) is 18.6 Å². The zero-order valence-electron chi connectivity index (χ0n) is 17.0. The molecule has 2 aromatic rings. The predicted molar refractivity (Wildman–Crippen MR) is 108 cm³/mol. The molecule has 0 aliphatic carbocycles. The number of anilines is 1. The first-order chi connectivity index (χ1) is 14.2. The molecular formula is C22H23NO7. The number of carbonyl (C=O) groups excluding carboxylic acids is 3. The van der Waals surface area contributed by atoms with E-state index in [0.717, 1.165) is 0 Å². The number of aromatic hydroxyl groups is 1. The highest BCUT2D eigenvalue weighted by atomic mass is 16.5. The van der Waals surface area contributed by atoms with Crippen LogP contribution in [0.2, 0.25) is 0 Å². The number of nitrogens with one attached hydrogen (secondary N) is 1. The number of hydrogen-bond donors (Lipinski definition) is 2. The van der Waals surface area contributed by atoms with Crippen LogP contribution < -0.4 is 14.8 Å². The Bertz CT molecular complexity index is 980. The molecule has 0 bridgehead atoms. The van der Waals surface area contributed by atoms with Crippen LogP contribution in [0.4, 0.5) is 5.69 Å². The van der Waals surface area contributed by atoms with Gasteiger partial charge in [0.15, 0.2) is 12.4 Å². The van der Waals surface area contributed by atoms with Crippen molar-refractivity contribution in [2.24, 2.45) is 0 Å². The van der Waals surface area contributed by atoms with Crippen LogP contribution in [0.5, 0.6) is 17.2 Å². The summed E-state index contributed by atoms with van der Waals surface area (Å²) in [6.07, 6.45) is 0.158. The van der Waals surface area contributed by atoms with Crippen molar-refractivity contribution in [2.75, 3.05) is 18.5 Å². The summed E-state index contributed by atoms with van der Waals surface area (Å²) in [4.78, 5) is 36.0. The smallest absolute Gasteiger partial charge is 0.338 e. The van der Waals surface area contributed by atoms with E-state index in [9.17, 15) is 19.5 Å². The van der Waals surface area contributed by atoms with Gasteiger partial charge in [-0.1, -0.05) is 0 Å². The molecule has 0 spiro atoms. The Morgan fingerprint density at radius 3 is 2.57 bits per heavy atom. The van der Waals surface area contributed by atoms with Crippen LogP contribution in [0, 0.1) is 0 Å². The largest absolute Gasteiger partial charge is 0.507 e. The summed E-state index contributed by atoms with van der Waals surface area (Å²) in [5, 5.41) is 12.8. The third-order valence-corrected chi connectivity index (χ3v) is 4.36. The number of rotatable bonds is 6. The van der Waals surface area contributed by atoms with Crippen molar-refractivity contribution in [2.45, 2.75) is 32.8 Å². The van der Waals surface area contributed by atoms with E-state index in [-0.39, 0.29) is 48.2 Å². The number of carbonyl (C=O) groups is 3. The molecule has 0 fully saturated rings. The van der Waals surface area contributed by atoms with Crippen molar-refractivity contribution < 1.29 is 33.7 Å². The van der Waals surface area contributed by atoms with Crippen molar-refractivity contribution in [1.29, 1.82) is 0 Å². The fourth-order valence-electron chi connectivity index (χ4n) is 3.08. The molecule has 0 saturated heterocycles. The Balaban J connectivity index is 1.62. The maximum absolute atomic E-state index is 12.2. The van der Waals surface area contributed by atoms with Crippen molar-refractivity contribution in [1.82, 2.24) is 0 Å². The monoisotopic (exact) mass is 413 g/mol. The molecule has 0 unspecified atom stereocenters. The van der Waals surface area contributed by atoms with Gasteiger partial charge in [0.1, 0.15) is 28.4 Å². The van der Waals surface area contributed by atoms with Crippen molar-refractivity contribution >= 4 is 23.3 Å². The first kappa shape index (κ1) is 21.2. The molecule has 0 radical (unpaired) electrons. The van der Waals surface area contributed by atoms with Crippen molar-refractivity contribution in [3.8, 4) is 17.2 Å². The molecule has 1 aliphatic rings. The van der Waals surface area contributed by atoms with Gasteiger partial charge in [-0.05, 0) is 45.0 Å². The van der Waals surface area contributed by atoms with E-state index in [4.69, 9.17) is 14.2 Å². The summed E-state index contributed by atoms with van der Waals surface area (Å²) in [5.41, 5.74) is 0.295. The van der Waals surface area contributed by atoms with Gasteiger partial charge in [0, 0.05) is 17.8 Å². The second-order valence-electron chi connectivity index (χ2n) is 7.41. The third kappa shape index (κ3) is 4.89. The van der Waals surface area contributed by atoms with E-state index in [1.54, 1.807) is 45.0 Å². The second kappa shape index (κ2) is 8.44. The molecule has 1 amide bonds. The van der Waals surface area contributed by atoms with Crippen LogP contribution >= 0.6 is 0 Å². The van der Waals surface area contributed by atoms with E-state index in [1.807, 2.05) is 0 Å². The van der Waals surface area contributed by atoms with Crippen molar-refractivity contribution in [3.63, 3.8) is 0 Å². The minimum Gasteiger partial charge on any atom is -0.507 e. The third-order valence-electron chi connectivity index (χ3n) is 4.36. The number of ether oxygens (including phenoxy) is 3. The minimum atomic E-state index is -0.692. The highest BCUT2D eigenvalue weighted by molar-refractivity contribution is 6.03. The van der Waals surface area contributed by atoms with Crippen LogP contribution in [0.3, 0.4) is 0 Å². The molecule has 1 heterocycles. The number of ketones is 1. The fraction of sp³-hybridized carbons (Fsp3) is 0.318. The molecule has 0 saturated carbocycles. The van der Waals surface area contributed by atoms with Crippen LogP contribution in [0.15, 0.2) is 36.4 Å². The van der Waals surface area contributed by atoms with Gasteiger partial charge in [-0.25, -0.2) is 4.79 Å². The van der Waals surface area contributed by atoms with E-state index < -0.39 is 17.5 Å². The van der Waals surface area contributed by atoms with E-state index in [2.05, 4.69) is 5.32 Å². The topological polar surface area (TPSA) is 111 Å². The number of benzene rings is 2. The lowest BCUT2D eigenvalue weighted by Gasteiger charge is -2.32. The summed E-state index contributed by atoms with van der Waals surface area (Å²) in [5.74, 6) is -0.915. The highest BCUT2D eigenvalue weighted by Gasteiger charge is 2.35. The van der Waals surface area contributed by atoms with Gasteiger partial charge >= 0.3 is 5.97 Å². The van der Waals surface area contributed by atoms with Gasteiger partial charge in [-0.15, -0.1) is 0 Å². The Hall–Kier alpha value is -3.55. The standard InChI is InChI=1S/C22H23NO7/c1-4-28-21(27)13-5-7-14(8-6-13)23-19(26)12-29-15-9-16(24)20-17(25)11-22(2,3)30-18(20)10-15/h5-10,24H,4,11-12H2,1-3H3,(H,23,26). The SMILES string of the molecule is CCOC(=O)c1ccc(NC(=O)COc2cc(O)c3c(c2)OC(C)(C)CC3=O)cc1. The Morgan fingerprint density at radius 1 is 1.20 bits per heavy atom. The van der Waals surface area contributed by atoms with Crippen molar-refractivity contribution in [3.05, 3.63) is 47.5 Å². The first-order valence-corrected chi connectivity index (χ1v) is 9.47. The number of hydrogen-bond acceptors (Lipinski definition) is 7. The molecule has 2 N–H and O–H groups in total. The average Bonchev–Trinajstić information content (AvgIpc) is 2.65. The van der Waals surface area contributed by atoms with Gasteiger partial charge in [0.2, 0.25) is 0 Å².